The summed E-state index contributed by atoms with van der Waals surface area (Å²) in [7, 11) is 0. The van der Waals surface area contributed by atoms with Gasteiger partial charge in [-0.1, -0.05) is 24.4 Å². The van der Waals surface area contributed by atoms with E-state index in [1.54, 1.807) is 17.8 Å². The molecule has 4 heterocycles. The molecule has 5 rings (SSSR count). The Bertz CT molecular complexity index is 1110. The Hall–Kier alpha value is -3.18. The van der Waals surface area contributed by atoms with E-state index in [9.17, 15) is 4.39 Å². The maximum absolute atomic E-state index is 13.5. The van der Waals surface area contributed by atoms with Gasteiger partial charge in [-0.15, -0.1) is 0 Å². The molecule has 2 atom stereocenters. The van der Waals surface area contributed by atoms with Gasteiger partial charge in [-0.05, 0) is 30.7 Å². The van der Waals surface area contributed by atoms with Crippen molar-refractivity contribution >= 4 is 29.0 Å². The summed E-state index contributed by atoms with van der Waals surface area (Å²) in [5.41, 5.74) is 11.1. The van der Waals surface area contributed by atoms with Gasteiger partial charge in [0.15, 0.2) is 0 Å². The van der Waals surface area contributed by atoms with Crippen molar-refractivity contribution in [2.45, 2.75) is 24.4 Å². The van der Waals surface area contributed by atoms with Gasteiger partial charge in [0.05, 0.1) is 22.7 Å². The fourth-order valence-electron chi connectivity index (χ4n) is 4.27. The first-order valence-corrected chi connectivity index (χ1v) is 11.2. The number of thioether (sulfide) groups is 1. The van der Waals surface area contributed by atoms with Crippen LogP contribution in [0.1, 0.15) is 29.3 Å². The topological polar surface area (TPSA) is 81.2 Å². The fraction of sp³-hybridized carbons (Fsp3) is 0.304. The number of hydrogen-bond acceptors (Lipinski definition) is 7. The summed E-state index contributed by atoms with van der Waals surface area (Å²) in [5, 5.41) is 12.8. The van der Waals surface area contributed by atoms with Crippen molar-refractivity contribution in [3.63, 3.8) is 0 Å². The molecule has 0 radical (unpaired) electrons. The summed E-state index contributed by atoms with van der Waals surface area (Å²) < 4.78 is 13.5. The molecule has 0 bridgehead atoms. The van der Waals surface area contributed by atoms with Crippen LogP contribution in [0, 0.1) is 11.3 Å². The molecule has 3 N–H and O–H groups in total. The number of nitrogens with one attached hydrogen (secondary N) is 1. The minimum Gasteiger partial charge on any atom is -0.398 e. The lowest BCUT2D eigenvalue weighted by Gasteiger charge is -2.31. The van der Waals surface area contributed by atoms with Crippen LogP contribution in [0.3, 0.4) is 0 Å². The van der Waals surface area contributed by atoms with Crippen molar-refractivity contribution in [2.75, 3.05) is 35.2 Å². The Labute approximate surface area is 185 Å². The van der Waals surface area contributed by atoms with Crippen LogP contribution in [0.4, 0.5) is 21.6 Å². The monoisotopic (exact) mass is 434 g/mol. The maximum Gasteiger partial charge on any atom is 0.128 e. The molecule has 0 spiro atoms. The number of rotatable bonds is 3. The summed E-state index contributed by atoms with van der Waals surface area (Å²) in [6, 6.07) is 11.7. The van der Waals surface area contributed by atoms with Gasteiger partial charge in [0.25, 0.3) is 0 Å². The van der Waals surface area contributed by atoms with Gasteiger partial charge in [0.1, 0.15) is 23.4 Å². The first-order valence-electron chi connectivity index (χ1n) is 10.3. The Morgan fingerprint density at radius 3 is 2.84 bits per heavy atom. The van der Waals surface area contributed by atoms with Gasteiger partial charge in [-0.25, -0.2) is 9.37 Å². The lowest BCUT2D eigenvalue weighted by Crippen LogP contribution is -2.29. The molecule has 6 nitrogen and oxygen atoms in total. The molecule has 1 aromatic heterocycles. The third-order valence-corrected chi connectivity index (χ3v) is 7.33. The molecule has 3 aliphatic heterocycles. The van der Waals surface area contributed by atoms with Crippen LogP contribution in [0.2, 0.25) is 0 Å². The first-order chi connectivity index (χ1) is 15.0. The molecule has 8 heteroatoms. The third-order valence-electron chi connectivity index (χ3n) is 5.98. The molecule has 1 saturated heterocycles. The second-order valence-corrected chi connectivity index (χ2v) is 9.08. The number of anilines is 3. The molecule has 2 unspecified atom stereocenters. The average molecular weight is 435 g/mol. The van der Waals surface area contributed by atoms with Crippen LogP contribution in [-0.4, -0.2) is 30.8 Å². The Kier molecular flexibility index (Phi) is 4.98. The normalized spacial score (nSPS) is 23.0. The number of nitrogen functional groups attached to an aromatic ring is 1. The molecule has 0 amide bonds. The van der Waals surface area contributed by atoms with Crippen molar-refractivity contribution in [3.05, 3.63) is 70.5 Å². The molecule has 0 saturated carbocycles. The molecule has 1 fully saturated rings. The number of nitriles is 1. The largest absolute Gasteiger partial charge is 0.398 e. The van der Waals surface area contributed by atoms with Crippen LogP contribution < -0.4 is 20.9 Å². The highest BCUT2D eigenvalue weighted by Gasteiger charge is 2.33. The van der Waals surface area contributed by atoms with E-state index in [4.69, 9.17) is 11.0 Å². The minimum absolute atomic E-state index is 0.0711. The van der Waals surface area contributed by atoms with Crippen molar-refractivity contribution in [1.29, 1.82) is 5.26 Å². The summed E-state index contributed by atoms with van der Waals surface area (Å²) >= 11 is 1.73. The van der Waals surface area contributed by atoms with Gasteiger partial charge in [-0.2, -0.15) is 5.26 Å². The quantitative estimate of drug-likeness (QED) is 0.705. The summed E-state index contributed by atoms with van der Waals surface area (Å²) in [6.07, 6.45) is 2.56. The maximum atomic E-state index is 13.5. The number of halogens is 1. The van der Waals surface area contributed by atoms with Gasteiger partial charge >= 0.3 is 0 Å². The molecule has 0 aliphatic carbocycles. The molecule has 31 heavy (non-hydrogen) atoms. The van der Waals surface area contributed by atoms with Crippen molar-refractivity contribution in [2.24, 2.45) is 0 Å². The van der Waals surface area contributed by atoms with Gasteiger partial charge in [0.2, 0.25) is 0 Å². The van der Waals surface area contributed by atoms with Gasteiger partial charge < -0.3 is 20.9 Å². The standard InChI is InChI=1S/C23H23FN6S/c1-14-22-20(7-9-30(14)18-4-2-15(11-25)19(26)10-18)28-23(31-22)16-3-5-21(27-12-16)29-8-6-17(24)13-29/h2-5,10,12,17,23,28H,1,6-9,13,26H2. The Morgan fingerprint density at radius 1 is 1.29 bits per heavy atom. The van der Waals surface area contributed by atoms with Crippen molar-refractivity contribution in [1.82, 2.24) is 10.3 Å². The lowest BCUT2D eigenvalue weighted by molar-refractivity contribution is 0.364. The van der Waals surface area contributed by atoms with Crippen molar-refractivity contribution < 1.29 is 4.39 Å². The van der Waals surface area contributed by atoms with Crippen LogP contribution in [-0.2, 0) is 0 Å². The van der Waals surface area contributed by atoms with E-state index in [0.717, 1.165) is 47.2 Å². The minimum atomic E-state index is -0.759. The van der Waals surface area contributed by atoms with Crippen LogP contribution in [0.15, 0.2) is 59.4 Å². The van der Waals surface area contributed by atoms with E-state index in [1.165, 1.54) is 5.70 Å². The zero-order chi connectivity index (χ0) is 21.5. The van der Waals surface area contributed by atoms with E-state index in [2.05, 4.69) is 33.9 Å². The number of nitrogens with two attached hydrogens (primary N) is 1. The number of hydrogen-bond donors (Lipinski definition) is 2. The second kappa shape index (κ2) is 7.82. The number of benzene rings is 1. The zero-order valence-electron chi connectivity index (χ0n) is 17.0. The Balaban J connectivity index is 1.30. The molecule has 2 aromatic rings. The predicted octanol–water partition coefficient (Wildman–Crippen LogP) is 4.05. The third kappa shape index (κ3) is 3.59. The summed E-state index contributed by atoms with van der Waals surface area (Å²) in [5.74, 6) is 0.832. The van der Waals surface area contributed by atoms with Crippen LogP contribution >= 0.6 is 11.8 Å². The molecule has 3 aliphatic rings. The number of alkyl halides is 1. The van der Waals surface area contributed by atoms with Crippen LogP contribution in [0.5, 0.6) is 0 Å². The highest BCUT2D eigenvalue weighted by atomic mass is 32.2. The van der Waals surface area contributed by atoms with E-state index < -0.39 is 6.17 Å². The predicted molar refractivity (Wildman–Crippen MR) is 123 cm³/mol. The van der Waals surface area contributed by atoms with Crippen LogP contribution in [0.25, 0.3) is 0 Å². The Morgan fingerprint density at radius 2 is 2.16 bits per heavy atom. The van der Waals surface area contributed by atoms with E-state index >= 15 is 0 Å². The lowest BCUT2D eigenvalue weighted by atomic mass is 10.1. The zero-order valence-corrected chi connectivity index (χ0v) is 17.8. The van der Waals surface area contributed by atoms with E-state index in [0.29, 0.717) is 24.2 Å². The molecule has 1 aromatic carbocycles. The fourth-order valence-corrected chi connectivity index (χ4v) is 5.53. The van der Waals surface area contributed by atoms with E-state index in [1.807, 2.05) is 29.3 Å². The molecular weight excluding hydrogens is 411 g/mol. The second-order valence-electron chi connectivity index (χ2n) is 7.96. The molecule has 158 valence electrons. The molecular formula is C23H23FN6S. The summed E-state index contributed by atoms with van der Waals surface area (Å²) in [6.45, 7) is 6.27. The number of pyridine rings is 1. The summed E-state index contributed by atoms with van der Waals surface area (Å²) in [4.78, 5) is 9.87. The number of nitrogens with zero attached hydrogens (tertiary/aromatic N) is 4. The van der Waals surface area contributed by atoms with E-state index in [-0.39, 0.29) is 5.37 Å². The smallest absolute Gasteiger partial charge is 0.128 e. The highest BCUT2D eigenvalue weighted by Crippen LogP contribution is 2.48. The van der Waals surface area contributed by atoms with Gasteiger partial charge in [-0.3, -0.25) is 0 Å². The van der Waals surface area contributed by atoms with Gasteiger partial charge in [0, 0.05) is 48.4 Å². The first kappa shape index (κ1) is 19.8. The number of aromatic nitrogens is 1. The van der Waals surface area contributed by atoms with Crippen molar-refractivity contribution in [3.8, 4) is 6.07 Å². The highest BCUT2D eigenvalue weighted by molar-refractivity contribution is 8.03. The average Bonchev–Trinajstić information content (AvgIpc) is 3.41. The SMILES string of the molecule is C=C1C2=C(CCN1c1ccc(C#N)c(N)c1)NC(c1ccc(N3CCC(F)C3)nc1)S2.